The van der Waals surface area contributed by atoms with E-state index in [1.54, 1.807) is 7.11 Å². The summed E-state index contributed by atoms with van der Waals surface area (Å²) in [6.07, 6.45) is 1.90. The van der Waals surface area contributed by atoms with Crippen LogP contribution in [0, 0.1) is 5.92 Å². The highest BCUT2D eigenvalue weighted by atomic mass is 16.5. The van der Waals surface area contributed by atoms with Gasteiger partial charge in [0.05, 0.1) is 7.11 Å². The number of benzene rings is 1. The first kappa shape index (κ1) is 15.5. The van der Waals surface area contributed by atoms with Gasteiger partial charge in [0.2, 0.25) is 5.91 Å². The van der Waals surface area contributed by atoms with Crippen molar-refractivity contribution in [1.29, 1.82) is 0 Å². The average Bonchev–Trinajstić information content (AvgIpc) is 2.43. The predicted molar refractivity (Wildman–Crippen MR) is 75.2 cm³/mol. The summed E-state index contributed by atoms with van der Waals surface area (Å²) in [7, 11) is 1.63. The van der Waals surface area contributed by atoms with Gasteiger partial charge in [-0.05, 0) is 36.5 Å². The van der Waals surface area contributed by atoms with Crippen LogP contribution in [-0.4, -0.2) is 31.3 Å². The third-order valence-electron chi connectivity index (χ3n) is 3.04. The van der Waals surface area contributed by atoms with E-state index >= 15 is 0 Å². The van der Waals surface area contributed by atoms with Gasteiger partial charge in [-0.3, -0.25) is 4.79 Å². The number of ether oxygens (including phenoxy) is 1. The Morgan fingerprint density at radius 2 is 2.26 bits per heavy atom. The molecule has 0 fully saturated rings. The third kappa shape index (κ3) is 6.25. The van der Waals surface area contributed by atoms with Crippen LogP contribution in [0.1, 0.15) is 25.3 Å². The van der Waals surface area contributed by atoms with Crippen LogP contribution in [0.5, 0.6) is 5.75 Å². The maximum Gasteiger partial charge on any atom is 0.220 e. The second-order valence-corrected chi connectivity index (χ2v) is 4.77. The second-order valence-electron chi connectivity index (χ2n) is 4.77. The average molecular weight is 265 g/mol. The molecule has 1 aromatic carbocycles. The van der Waals surface area contributed by atoms with Crippen molar-refractivity contribution in [3.63, 3.8) is 0 Å². The highest BCUT2D eigenvalue weighted by Gasteiger charge is 2.06. The first-order valence-electron chi connectivity index (χ1n) is 6.66. The molecule has 1 rings (SSSR count). The molecule has 0 aliphatic rings. The fourth-order valence-electron chi connectivity index (χ4n) is 1.78. The van der Waals surface area contributed by atoms with Crippen LogP contribution < -0.4 is 10.1 Å². The van der Waals surface area contributed by atoms with E-state index < -0.39 is 0 Å². The van der Waals surface area contributed by atoms with E-state index in [-0.39, 0.29) is 12.5 Å². The van der Waals surface area contributed by atoms with Gasteiger partial charge in [-0.15, -0.1) is 0 Å². The summed E-state index contributed by atoms with van der Waals surface area (Å²) in [5.74, 6) is 1.17. The molecular weight excluding hydrogens is 242 g/mol. The van der Waals surface area contributed by atoms with Crippen molar-refractivity contribution in [3.8, 4) is 5.75 Å². The van der Waals surface area contributed by atoms with Crippen LogP contribution in [-0.2, 0) is 11.2 Å². The molecule has 0 aliphatic carbocycles. The minimum absolute atomic E-state index is 0.0487. The first-order chi connectivity index (χ1) is 9.15. The molecular formula is C15H23NO3. The van der Waals surface area contributed by atoms with Crippen molar-refractivity contribution < 1.29 is 14.6 Å². The number of hydrogen-bond donors (Lipinski definition) is 2. The second kappa shape index (κ2) is 8.53. The van der Waals surface area contributed by atoms with Crippen molar-refractivity contribution in [1.82, 2.24) is 5.32 Å². The zero-order valence-corrected chi connectivity index (χ0v) is 11.7. The van der Waals surface area contributed by atoms with E-state index in [2.05, 4.69) is 5.32 Å². The topological polar surface area (TPSA) is 58.6 Å². The number of carbonyl (C=O) groups is 1. The molecule has 1 unspecified atom stereocenters. The Hall–Kier alpha value is -1.55. The van der Waals surface area contributed by atoms with Gasteiger partial charge in [0.1, 0.15) is 5.75 Å². The van der Waals surface area contributed by atoms with Crippen molar-refractivity contribution >= 4 is 5.91 Å². The van der Waals surface area contributed by atoms with Crippen LogP contribution >= 0.6 is 0 Å². The van der Waals surface area contributed by atoms with Crippen molar-refractivity contribution in [2.45, 2.75) is 26.2 Å². The van der Waals surface area contributed by atoms with Crippen LogP contribution in [0.3, 0.4) is 0 Å². The van der Waals surface area contributed by atoms with E-state index in [4.69, 9.17) is 9.84 Å². The van der Waals surface area contributed by atoms with Gasteiger partial charge < -0.3 is 15.2 Å². The number of methoxy groups -OCH3 is 1. The fraction of sp³-hybridized carbons (Fsp3) is 0.533. The lowest BCUT2D eigenvalue weighted by atomic mass is 10.1. The Balaban J connectivity index is 2.29. The molecule has 1 atom stereocenters. The van der Waals surface area contributed by atoms with Gasteiger partial charge >= 0.3 is 0 Å². The SMILES string of the molecule is COc1cccc(CCC(=O)NCC(C)CCO)c1. The summed E-state index contributed by atoms with van der Waals surface area (Å²) < 4.78 is 5.14. The molecule has 4 nitrogen and oxygen atoms in total. The van der Waals surface area contributed by atoms with Gasteiger partial charge in [-0.2, -0.15) is 0 Å². The van der Waals surface area contributed by atoms with Crippen LogP contribution in [0.25, 0.3) is 0 Å². The minimum atomic E-state index is 0.0487. The molecule has 0 aromatic heterocycles. The summed E-state index contributed by atoms with van der Waals surface area (Å²) in [4.78, 5) is 11.7. The standard InChI is InChI=1S/C15H23NO3/c1-12(8-9-17)11-16-15(18)7-6-13-4-3-5-14(10-13)19-2/h3-5,10,12,17H,6-9,11H2,1-2H3,(H,16,18). The maximum atomic E-state index is 11.7. The molecule has 1 aromatic rings. The molecule has 4 heteroatoms. The van der Waals surface area contributed by atoms with Crippen LogP contribution in [0.15, 0.2) is 24.3 Å². The molecule has 0 aliphatic heterocycles. The number of hydrogen-bond acceptors (Lipinski definition) is 3. The number of nitrogens with one attached hydrogen (secondary N) is 1. The summed E-state index contributed by atoms with van der Waals surface area (Å²) >= 11 is 0. The first-order valence-corrected chi connectivity index (χ1v) is 6.66. The Kier molecular flexibility index (Phi) is 6.97. The number of aryl methyl sites for hydroxylation is 1. The van der Waals surface area contributed by atoms with Gasteiger partial charge in [-0.1, -0.05) is 19.1 Å². The summed E-state index contributed by atoms with van der Waals surface area (Å²) in [6, 6.07) is 7.75. The normalized spacial score (nSPS) is 11.9. The minimum Gasteiger partial charge on any atom is -0.497 e. The van der Waals surface area contributed by atoms with E-state index in [0.29, 0.717) is 25.3 Å². The summed E-state index contributed by atoms with van der Waals surface area (Å²) in [5.41, 5.74) is 1.10. The molecule has 2 N–H and O–H groups in total. The van der Waals surface area contributed by atoms with E-state index in [0.717, 1.165) is 17.7 Å². The largest absolute Gasteiger partial charge is 0.497 e. The Morgan fingerprint density at radius 3 is 2.95 bits per heavy atom. The van der Waals surface area contributed by atoms with Crippen LogP contribution in [0.4, 0.5) is 0 Å². The maximum absolute atomic E-state index is 11.7. The molecule has 0 saturated carbocycles. The molecule has 0 heterocycles. The number of carbonyl (C=O) groups excluding carboxylic acids is 1. The molecule has 1 amide bonds. The number of aliphatic hydroxyl groups is 1. The quantitative estimate of drug-likeness (QED) is 0.753. The van der Waals surface area contributed by atoms with Gasteiger partial charge in [0.25, 0.3) is 0 Å². The monoisotopic (exact) mass is 265 g/mol. The van der Waals surface area contributed by atoms with Crippen LogP contribution in [0.2, 0.25) is 0 Å². The Bertz CT molecular complexity index is 393. The fourth-order valence-corrected chi connectivity index (χ4v) is 1.78. The summed E-state index contributed by atoms with van der Waals surface area (Å²) in [5, 5.41) is 11.7. The van der Waals surface area contributed by atoms with Gasteiger partial charge in [0, 0.05) is 19.6 Å². The Labute approximate surface area is 114 Å². The molecule has 0 spiro atoms. The number of aliphatic hydroxyl groups excluding tert-OH is 1. The smallest absolute Gasteiger partial charge is 0.220 e. The lowest BCUT2D eigenvalue weighted by Gasteiger charge is -2.11. The van der Waals surface area contributed by atoms with Crippen molar-refractivity contribution in [2.75, 3.05) is 20.3 Å². The molecule has 0 radical (unpaired) electrons. The van der Waals surface area contributed by atoms with Gasteiger partial charge in [0.15, 0.2) is 0 Å². The van der Waals surface area contributed by atoms with Crippen molar-refractivity contribution in [3.05, 3.63) is 29.8 Å². The predicted octanol–water partition coefficient (Wildman–Crippen LogP) is 1.76. The van der Waals surface area contributed by atoms with E-state index in [1.165, 1.54) is 0 Å². The highest BCUT2D eigenvalue weighted by Crippen LogP contribution is 2.13. The van der Waals surface area contributed by atoms with E-state index in [1.807, 2.05) is 31.2 Å². The summed E-state index contributed by atoms with van der Waals surface area (Å²) in [6.45, 7) is 2.80. The van der Waals surface area contributed by atoms with Gasteiger partial charge in [-0.25, -0.2) is 0 Å². The molecule has 19 heavy (non-hydrogen) atoms. The Morgan fingerprint density at radius 1 is 1.47 bits per heavy atom. The molecule has 0 saturated heterocycles. The van der Waals surface area contributed by atoms with Crippen molar-refractivity contribution in [2.24, 2.45) is 5.92 Å². The zero-order chi connectivity index (χ0) is 14.1. The zero-order valence-electron chi connectivity index (χ0n) is 11.7. The lowest BCUT2D eigenvalue weighted by molar-refractivity contribution is -0.121. The lowest BCUT2D eigenvalue weighted by Crippen LogP contribution is -2.28. The number of amides is 1. The number of rotatable bonds is 8. The van der Waals surface area contributed by atoms with E-state index in [9.17, 15) is 4.79 Å². The third-order valence-corrected chi connectivity index (χ3v) is 3.04. The molecule has 106 valence electrons. The highest BCUT2D eigenvalue weighted by molar-refractivity contribution is 5.76. The molecule has 0 bridgehead atoms.